The SMILES string of the molecule is COc1c(-c2cccc(Cl)c2)cccc1C1(c2ccc(OS(C)(=O)=O)cc2)N=C(N)N(C)C1=O. The number of methoxy groups -OCH3 is 1. The van der Waals surface area contributed by atoms with Crippen molar-refractivity contribution in [2.75, 3.05) is 20.4 Å². The van der Waals surface area contributed by atoms with Crippen LogP contribution in [0.5, 0.6) is 11.5 Å². The lowest BCUT2D eigenvalue weighted by atomic mass is 9.81. The van der Waals surface area contributed by atoms with E-state index in [1.807, 2.05) is 18.2 Å². The van der Waals surface area contributed by atoms with Gasteiger partial charge in [-0.2, -0.15) is 8.42 Å². The van der Waals surface area contributed by atoms with Gasteiger partial charge in [0.1, 0.15) is 11.5 Å². The fraction of sp³-hybridized carbons (Fsp3) is 0.167. The van der Waals surface area contributed by atoms with Gasteiger partial charge in [-0.3, -0.25) is 9.69 Å². The van der Waals surface area contributed by atoms with E-state index in [-0.39, 0.29) is 17.6 Å². The molecule has 10 heteroatoms. The van der Waals surface area contributed by atoms with Crippen LogP contribution in [0.1, 0.15) is 11.1 Å². The van der Waals surface area contributed by atoms with Crippen LogP contribution in [0.3, 0.4) is 0 Å². The summed E-state index contributed by atoms with van der Waals surface area (Å²) in [4.78, 5) is 19.5. The number of ether oxygens (including phenoxy) is 1. The maximum absolute atomic E-state index is 13.6. The van der Waals surface area contributed by atoms with Crippen LogP contribution in [-0.2, 0) is 20.5 Å². The second kappa shape index (κ2) is 8.66. The fourth-order valence-corrected chi connectivity index (χ4v) is 4.66. The number of aliphatic imine (C=N–C) groups is 1. The highest BCUT2D eigenvalue weighted by Gasteiger charge is 2.51. The summed E-state index contributed by atoms with van der Waals surface area (Å²) in [5.41, 5.74) is 6.99. The molecular weight excluding hydrogens is 478 g/mol. The van der Waals surface area contributed by atoms with E-state index in [0.717, 1.165) is 17.4 Å². The lowest BCUT2D eigenvalue weighted by Crippen LogP contribution is -2.41. The minimum Gasteiger partial charge on any atom is -0.496 e. The normalized spacial score (nSPS) is 18.1. The Kier molecular flexibility index (Phi) is 6.01. The first-order chi connectivity index (χ1) is 16.1. The molecule has 3 aromatic rings. The molecule has 2 N–H and O–H groups in total. The minimum absolute atomic E-state index is 0.0386. The zero-order valence-electron chi connectivity index (χ0n) is 18.7. The number of nitrogens with zero attached hydrogens (tertiary/aromatic N) is 2. The van der Waals surface area contributed by atoms with Gasteiger partial charge in [-0.15, -0.1) is 0 Å². The summed E-state index contributed by atoms with van der Waals surface area (Å²) in [7, 11) is -0.656. The topological polar surface area (TPSA) is 111 Å². The number of amides is 1. The molecule has 0 spiro atoms. The smallest absolute Gasteiger partial charge is 0.306 e. The molecule has 34 heavy (non-hydrogen) atoms. The molecule has 1 atom stereocenters. The Hall–Kier alpha value is -3.56. The Morgan fingerprint density at radius 2 is 1.74 bits per heavy atom. The summed E-state index contributed by atoms with van der Waals surface area (Å²) in [6.45, 7) is 0. The number of hydrogen-bond donors (Lipinski definition) is 1. The minimum atomic E-state index is -3.71. The molecule has 0 radical (unpaired) electrons. The van der Waals surface area contributed by atoms with E-state index >= 15 is 0 Å². The predicted molar refractivity (Wildman–Crippen MR) is 131 cm³/mol. The highest BCUT2D eigenvalue weighted by molar-refractivity contribution is 7.86. The fourth-order valence-electron chi connectivity index (χ4n) is 4.01. The van der Waals surface area contributed by atoms with Crippen molar-refractivity contribution in [3.8, 4) is 22.6 Å². The van der Waals surface area contributed by atoms with Crippen molar-refractivity contribution in [3.63, 3.8) is 0 Å². The van der Waals surface area contributed by atoms with Crippen LogP contribution in [-0.4, -0.2) is 45.6 Å². The molecule has 176 valence electrons. The number of guanidine groups is 1. The van der Waals surface area contributed by atoms with Crippen molar-refractivity contribution in [3.05, 3.63) is 82.9 Å². The lowest BCUT2D eigenvalue weighted by molar-refractivity contribution is -0.129. The Morgan fingerprint density at radius 3 is 2.29 bits per heavy atom. The average Bonchev–Trinajstić information content (AvgIpc) is 3.02. The number of hydrogen-bond acceptors (Lipinski definition) is 7. The van der Waals surface area contributed by atoms with Gasteiger partial charge < -0.3 is 14.7 Å². The van der Waals surface area contributed by atoms with Gasteiger partial charge in [0.15, 0.2) is 11.5 Å². The second-order valence-corrected chi connectivity index (χ2v) is 9.76. The molecule has 1 aliphatic rings. The monoisotopic (exact) mass is 499 g/mol. The van der Waals surface area contributed by atoms with Gasteiger partial charge in [-0.25, -0.2) is 4.99 Å². The summed E-state index contributed by atoms with van der Waals surface area (Å²) in [5.74, 6) is 0.193. The number of halogens is 1. The lowest BCUT2D eigenvalue weighted by Gasteiger charge is -2.28. The molecule has 4 rings (SSSR count). The summed E-state index contributed by atoms with van der Waals surface area (Å²) in [6.07, 6.45) is 0.953. The number of likely N-dealkylation sites (N-methyl/N-ethyl adjacent to an activating group) is 1. The summed E-state index contributed by atoms with van der Waals surface area (Å²) < 4.78 is 33.7. The summed E-state index contributed by atoms with van der Waals surface area (Å²) in [5, 5.41) is 0.556. The molecule has 0 fully saturated rings. The largest absolute Gasteiger partial charge is 0.496 e. The Bertz CT molecular complexity index is 1410. The summed E-state index contributed by atoms with van der Waals surface area (Å²) in [6, 6.07) is 18.8. The van der Waals surface area contributed by atoms with Crippen LogP contribution in [0.4, 0.5) is 0 Å². The number of rotatable bonds is 6. The van der Waals surface area contributed by atoms with Gasteiger partial charge in [-0.1, -0.05) is 54.1 Å². The number of benzene rings is 3. The van der Waals surface area contributed by atoms with E-state index in [9.17, 15) is 13.2 Å². The number of carbonyl (C=O) groups is 1. The van der Waals surface area contributed by atoms with Crippen molar-refractivity contribution in [1.82, 2.24) is 4.90 Å². The van der Waals surface area contributed by atoms with Gasteiger partial charge >= 0.3 is 10.1 Å². The van der Waals surface area contributed by atoms with E-state index in [1.54, 1.807) is 36.4 Å². The first-order valence-corrected chi connectivity index (χ1v) is 12.3. The van der Waals surface area contributed by atoms with Crippen LogP contribution < -0.4 is 14.7 Å². The molecule has 0 aromatic heterocycles. The molecular formula is C24H22ClN3O5S. The zero-order valence-corrected chi connectivity index (χ0v) is 20.2. The molecule has 0 saturated carbocycles. The van der Waals surface area contributed by atoms with Crippen LogP contribution in [0.25, 0.3) is 11.1 Å². The van der Waals surface area contributed by atoms with Crippen LogP contribution >= 0.6 is 11.6 Å². The van der Waals surface area contributed by atoms with Crippen LogP contribution in [0.15, 0.2) is 71.7 Å². The third kappa shape index (κ3) is 4.08. The number of nitrogens with two attached hydrogens (primary N) is 1. The van der Waals surface area contributed by atoms with Crippen LogP contribution in [0, 0.1) is 0 Å². The molecule has 1 unspecified atom stereocenters. The average molecular weight is 500 g/mol. The first-order valence-electron chi connectivity index (χ1n) is 10.1. The molecule has 1 amide bonds. The Morgan fingerprint density at radius 1 is 1.06 bits per heavy atom. The Balaban J connectivity index is 1.96. The maximum Gasteiger partial charge on any atom is 0.306 e. The second-order valence-electron chi connectivity index (χ2n) is 7.75. The molecule has 8 nitrogen and oxygen atoms in total. The van der Waals surface area contributed by atoms with Gasteiger partial charge in [-0.05, 0) is 35.4 Å². The van der Waals surface area contributed by atoms with Crippen molar-refractivity contribution in [1.29, 1.82) is 0 Å². The van der Waals surface area contributed by atoms with Gasteiger partial charge in [0.2, 0.25) is 0 Å². The third-order valence-electron chi connectivity index (χ3n) is 5.50. The summed E-state index contributed by atoms with van der Waals surface area (Å²) >= 11 is 6.21. The van der Waals surface area contributed by atoms with E-state index in [2.05, 4.69) is 4.99 Å². The highest BCUT2D eigenvalue weighted by atomic mass is 35.5. The molecule has 1 heterocycles. The molecule has 0 saturated heterocycles. The Labute approximate surface area is 202 Å². The van der Waals surface area contributed by atoms with E-state index in [0.29, 0.717) is 21.9 Å². The van der Waals surface area contributed by atoms with Crippen molar-refractivity contribution >= 4 is 33.6 Å². The number of carbonyl (C=O) groups excluding carboxylic acids is 1. The predicted octanol–water partition coefficient (Wildman–Crippen LogP) is 3.38. The molecule has 0 bridgehead atoms. The van der Waals surface area contributed by atoms with Gasteiger partial charge in [0, 0.05) is 23.2 Å². The quantitative estimate of drug-likeness (QED) is 0.520. The van der Waals surface area contributed by atoms with E-state index in [4.69, 9.17) is 26.3 Å². The molecule has 0 aliphatic carbocycles. The highest BCUT2D eigenvalue weighted by Crippen LogP contribution is 2.47. The third-order valence-corrected chi connectivity index (χ3v) is 6.23. The maximum atomic E-state index is 13.6. The molecule has 1 aliphatic heterocycles. The van der Waals surface area contributed by atoms with Gasteiger partial charge in [0.25, 0.3) is 5.91 Å². The van der Waals surface area contributed by atoms with Crippen molar-refractivity contribution < 1.29 is 22.1 Å². The molecule has 3 aromatic carbocycles. The van der Waals surface area contributed by atoms with Gasteiger partial charge in [0.05, 0.1) is 13.4 Å². The van der Waals surface area contributed by atoms with Crippen LogP contribution in [0.2, 0.25) is 5.02 Å². The first kappa shape index (κ1) is 23.6. The van der Waals surface area contributed by atoms with Crippen molar-refractivity contribution in [2.24, 2.45) is 10.7 Å². The van der Waals surface area contributed by atoms with E-state index in [1.165, 1.54) is 31.2 Å². The standard InChI is InChI=1S/C24H22ClN3O5S/c1-28-22(29)24(27-23(28)26,16-10-12-18(13-11-16)33-34(3,30)31)20-9-5-8-19(21(20)32-2)15-6-4-7-17(25)14-15/h4-14H,1-3H3,(H2,26,27). The van der Waals surface area contributed by atoms with E-state index < -0.39 is 15.7 Å². The number of para-hydroxylation sites is 1. The van der Waals surface area contributed by atoms with Crippen molar-refractivity contribution in [2.45, 2.75) is 5.54 Å². The zero-order chi connectivity index (χ0) is 24.7.